The maximum absolute atomic E-state index is 11.2. The standard InChI is InChI=1S/C12H27O3P.C2H4O2.Hg/c1-3-5-7-9-11-14-16(13)15-12-10-8-6-4-2;1-2(3)4;/h16H,3-12H2,1-2H3;1H3,(H,3,4);/q;;+1/p-1. The monoisotopic (exact) mass is 511 g/mol. The predicted octanol–water partition coefficient (Wildman–Crippen LogP) is 4.58. The molecular weight excluding hydrogens is 480 g/mol. The number of unbranched alkanes of at least 4 members (excludes halogenated alkanes) is 6. The van der Waals surface area contributed by atoms with E-state index in [1.54, 1.807) is 0 Å². The first-order valence-electron chi connectivity index (χ1n) is 7.80. The van der Waals surface area contributed by atoms with Crippen molar-refractivity contribution in [3.8, 4) is 0 Å². The number of carbonyl (C=O) groups excluding carboxylic acids is 1. The maximum atomic E-state index is 11.2. The first-order valence-corrected chi connectivity index (χ1v) is 11.3. The Balaban J connectivity index is 0. The van der Waals surface area contributed by atoms with Crippen molar-refractivity contribution >= 4 is 14.2 Å². The second kappa shape index (κ2) is 20.6. The zero-order chi connectivity index (χ0) is 16.3. The molecule has 0 spiro atoms. The van der Waals surface area contributed by atoms with E-state index >= 15 is 0 Å². The van der Waals surface area contributed by atoms with E-state index in [-0.39, 0.29) is 32.5 Å². The molecule has 7 heteroatoms. The number of hydrogen-bond donors (Lipinski definition) is 0. The SMILES string of the molecule is CC(=O)[O][Hg].CCCCCCO[PH](=O)OCCCCCC. The second-order valence-corrected chi connectivity index (χ2v) is 6.90. The van der Waals surface area contributed by atoms with Crippen LogP contribution in [-0.2, 0) is 47.6 Å². The molecule has 0 aliphatic heterocycles. The largest absolute Gasteiger partial charge is 0.319 e. The van der Waals surface area contributed by atoms with Gasteiger partial charge in [0, 0.05) is 0 Å². The molecule has 0 aliphatic carbocycles. The normalized spacial score (nSPS) is 10.2. The molecule has 0 atom stereocenters. The molecule has 0 saturated carbocycles. The van der Waals surface area contributed by atoms with Gasteiger partial charge in [-0.2, -0.15) is 0 Å². The molecular formula is C14H30HgO5P. The molecule has 0 fully saturated rings. The van der Waals surface area contributed by atoms with E-state index in [9.17, 15) is 9.36 Å². The molecule has 123 valence electrons. The molecule has 0 radical (unpaired) electrons. The van der Waals surface area contributed by atoms with Gasteiger partial charge in [0.1, 0.15) is 0 Å². The van der Waals surface area contributed by atoms with Crippen LogP contribution in [0.3, 0.4) is 0 Å². The Morgan fingerprint density at radius 2 is 1.29 bits per heavy atom. The Labute approximate surface area is 147 Å². The van der Waals surface area contributed by atoms with Gasteiger partial charge in [-0.05, 0) is 12.8 Å². The summed E-state index contributed by atoms with van der Waals surface area (Å²) in [5.74, 6) is -0.159. The van der Waals surface area contributed by atoms with Gasteiger partial charge in [-0.1, -0.05) is 52.4 Å². The summed E-state index contributed by atoms with van der Waals surface area (Å²) in [7, 11) is -2.21. The first kappa shape index (κ1) is 23.8. The van der Waals surface area contributed by atoms with Crippen LogP contribution in [0.15, 0.2) is 0 Å². The molecule has 0 bridgehead atoms. The molecule has 0 saturated heterocycles. The Kier molecular flexibility index (Phi) is 23.3. The van der Waals surface area contributed by atoms with E-state index in [4.69, 9.17) is 9.05 Å². The maximum Gasteiger partial charge on any atom is 0.319 e. The van der Waals surface area contributed by atoms with Gasteiger partial charge in [0.15, 0.2) is 0 Å². The first-order chi connectivity index (χ1) is 10.1. The fourth-order valence-electron chi connectivity index (χ4n) is 1.41. The van der Waals surface area contributed by atoms with Crippen molar-refractivity contribution in [3.05, 3.63) is 0 Å². The molecule has 0 heterocycles. The van der Waals surface area contributed by atoms with E-state index < -0.39 is 8.25 Å². The van der Waals surface area contributed by atoms with Crippen molar-refractivity contribution in [2.75, 3.05) is 13.2 Å². The third-order valence-corrected chi connectivity index (χ3v) is 5.10. The molecule has 0 aliphatic rings. The molecule has 0 unspecified atom stereocenters. The van der Waals surface area contributed by atoms with Gasteiger partial charge in [-0.25, -0.2) is 0 Å². The van der Waals surface area contributed by atoms with Crippen LogP contribution < -0.4 is 0 Å². The van der Waals surface area contributed by atoms with Crippen LogP contribution in [0.2, 0.25) is 0 Å². The van der Waals surface area contributed by atoms with Crippen LogP contribution in [0.1, 0.15) is 72.1 Å². The zero-order valence-corrected chi connectivity index (χ0v) is 20.3. The topological polar surface area (TPSA) is 61.8 Å². The van der Waals surface area contributed by atoms with Crippen molar-refractivity contribution in [1.82, 2.24) is 0 Å². The van der Waals surface area contributed by atoms with Crippen LogP contribution >= 0.6 is 8.25 Å². The third kappa shape index (κ3) is 25.8. The summed E-state index contributed by atoms with van der Waals surface area (Å²) in [4.78, 5) is 9.64. The predicted molar refractivity (Wildman–Crippen MR) is 81.0 cm³/mol. The van der Waals surface area contributed by atoms with E-state index in [0.29, 0.717) is 13.2 Å². The minimum absolute atomic E-state index is 0.159. The van der Waals surface area contributed by atoms with E-state index in [1.807, 2.05) is 0 Å². The number of carbonyl (C=O) groups is 1. The number of rotatable bonds is 12. The van der Waals surface area contributed by atoms with Crippen LogP contribution in [0.4, 0.5) is 0 Å². The molecule has 5 nitrogen and oxygen atoms in total. The Morgan fingerprint density at radius 1 is 0.905 bits per heavy atom. The molecule has 0 aromatic heterocycles. The van der Waals surface area contributed by atoms with Crippen molar-refractivity contribution < 1.29 is 47.6 Å². The van der Waals surface area contributed by atoms with Gasteiger partial charge in [-0.15, -0.1) is 0 Å². The van der Waals surface area contributed by atoms with E-state index in [2.05, 4.69) is 16.5 Å². The van der Waals surface area contributed by atoms with E-state index in [0.717, 1.165) is 25.7 Å². The van der Waals surface area contributed by atoms with Crippen LogP contribution in [0.25, 0.3) is 0 Å². The Hall–Kier alpha value is 0.555. The summed E-state index contributed by atoms with van der Waals surface area (Å²) < 4.78 is 25.8. The third-order valence-electron chi connectivity index (χ3n) is 2.64. The second-order valence-electron chi connectivity index (χ2n) is 4.70. The average Bonchev–Trinajstić information content (AvgIpc) is 2.47. The Morgan fingerprint density at radius 3 is 1.57 bits per heavy atom. The summed E-state index contributed by atoms with van der Waals surface area (Å²) in [6.45, 7) is 6.90. The molecule has 0 rings (SSSR count). The summed E-state index contributed by atoms with van der Waals surface area (Å²) in [5, 5.41) is 0. The van der Waals surface area contributed by atoms with Gasteiger partial charge in [0.2, 0.25) is 0 Å². The van der Waals surface area contributed by atoms with Crippen LogP contribution in [-0.4, -0.2) is 19.2 Å². The van der Waals surface area contributed by atoms with Gasteiger partial charge >= 0.3 is 55.2 Å². The summed E-state index contributed by atoms with van der Waals surface area (Å²) >= 11 is 0.194. The van der Waals surface area contributed by atoms with Crippen molar-refractivity contribution in [2.24, 2.45) is 0 Å². The Bertz CT molecular complexity index is 236. The van der Waals surface area contributed by atoms with Crippen molar-refractivity contribution in [1.29, 1.82) is 0 Å². The van der Waals surface area contributed by atoms with Gasteiger partial charge in [0.25, 0.3) is 0 Å². The van der Waals surface area contributed by atoms with Crippen LogP contribution in [0.5, 0.6) is 0 Å². The van der Waals surface area contributed by atoms with Gasteiger partial charge < -0.3 is 9.05 Å². The molecule has 0 amide bonds. The van der Waals surface area contributed by atoms with Gasteiger partial charge in [0.05, 0.1) is 13.2 Å². The summed E-state index contributed by atoms with van der Waals surface area (Å²) in [6, 6.07) is 0. The fraction of sp³-hybridized carbons (Fsp3) is 0.929. The van der Waals surface area contributed by atoms with E-state index in [1.165, 1.54) is 32.6 Å². The summed E-state index contributed by atoms with van der Waals surface area (Å²) in [5.41, 5.74) is 0. The molecule has 0 aromatic carbocycles. The molecule has 21 heavy (non-hydrogen) atoms. The zero-order valence-electron chi connectivity index (χ0n) is 13.8. The number of hydrogen-bond acceptors (Lipinski definition) is 5. The minimum Gasteiger partial charge on any atom is -0.311 e. The molecule has 0 aromatic rings. The van der Waals surface area contributed by atoms with Crippen molar-refractivity contribution in [2.45, 2.75) is 72.1 Å². The minimum atomic E-state index is -2.21. The van der Waals surface area contributed by atoms with Gasteiger partial charge in [-0.3, -0.25) is 4.57 Å². The summed E-state index contributed by atoms with van der Waals surface area (Å²) in [6.07, 6.45) is 9.16. The quantitative estimate of drug-likeness (QED) is 0.219. The molecule has 0 N–H and O–H groups in total. The smallest absolute Gasteiger partial charge is 0.311 e. The fourth-order valence-corrected chi connectivity index (χ4v) is 2.12. The average molecular weight is 510 g/mol. The van der Waals surface area contributed by atoms with Crippen LogP contribution in [0, 0.1) is 0 Å². The van der Waals surface area contributed by atoms with Crippen molar-refractivity contribution in [3.63, 3.8) is 0 Å².